The molecule has 0 saturated heterocycles. The summed E-state index contributed by atoms with van der Waals surface area (Å²) in [4.78, 5) is 23.1. The van der Waals surface area contributed by atoms with E-state index in [2.05, 4.69) is 5.32 Å². The lowest BCUT2D eigenvalue weighted by molar-refractivity contribution is -0.146. The Hall–Kier alpha value is -1.81. The van der Waals surface area contributed by atoms with Crippen LogP contribution in [0.4, 0.5) is 0 Å². The van der Waals surface area contributed by atoms with Crippen LogP contribution in [0.1, 0.15) is 25.8 Å². The van der Waals surface area contributed by atoms with Gasteiger partial charge in [-0.2, -0.15) is 0 Å². The Balaban J connectivity index is 2.46. The van der Waals surface area contributed by atoms with Crippen LogP contribution in [0, 0.1) is 0 Å². The van der Waals surface area contributed by atoms with Gasteiger partial charge < -0.3 is 10.1 Å². The lowest BCUT2D eigenvalue weighted by atomic mass is 10.2. The van der Waals surface area contributed by atoms with Gasteiger partial charge in [-0.3, -0.25) is 4.79 Å². The van der Waals surface area contributed by atoms with Gasteiger partial charge in [-0.05, 0) is 37.1 Å². The fourth-order valence-electron chi connectivity index (χ4n) is 1.39. The Kier molecular flexibility index (Phi) is 6.81. The highest BCUT2D eigenvalue weighted by Crippen LogP contribution is 2.10. The molecule has 0 spiro atoms. The van der Waals surface area contributed by atoms with E-state index in [1.165, 1.54) is 6.08 Å². The molecule has 1 rings (SSSR count). The molecule has 0 bridgehead atoms. The summed E-state index contributed by atoms with van der Waals surface area (Å²) in [5, 5.41) is 3.18. The van der Waals surface area contributed by atoms with Gasteiger partial charge in [0, 0.05) is 11.1 Å². The van der Waals surface area contributed by atoms with Crippen LogP contribution in [0.2, 0.25) is 5.02 Å². The number of nitrogens with one attached hydrogen (secondary N) is 1. The lowest BCUT2D eigenvalue weighted by Gasteiger charge is -2.11. The van der Waals surface area contributed by atoms with Gasteiger partial charge in [-0.15, -0.1) is 0 Å². The number of halogens is 1. The van der Waals surface area contributed by atoms with Crippen LogP contribution in [0.5, 0.6) is 0 Å². The van der Waals surface area contributed by atoms with Gasteiger partial charge in [0.1, 0.15) is 6.04 Å². The maximum absolute atomic E-state index is 11.6. The highest BCUT2D eigenvalue weighted by atomic mass is 35.5. The number of hydrogen-bond acceptors (Lipinski definition) is 3. The number of hydrogen-bond donors (Lipinski definition) is 1. The predicted molar refractivity (Wildman–Crippen MR) is 79.3 cm³/mol. The molecule has 0 aliphatic carbocycles. The number of carbonyl (C=O) groups is 2. The summed E-state index contributed by atoms with van der Waals surface area (Å²) in [6, 6.07) is 6.41. The molecule has 1 aromatic rings. The first-order chi connectivity index (χ1) is 9.52. The van der Waals surface area contributed by atoms with Gasteiger partial charge in [0.15, 0.2) is 0 Å². The summed E-state index contributed by atoms with van der Waals surface area (Å²) in [5.74, 6) is -0.777. The molecule has 0 heterocycles. The molecule has 0 fully saturated rings. The number of ether oxygens (including phenoxy) is 1. The first-order valence-electron chi connectivity index (χ1n) is 6.43. The molecule has 1 N–H and O–H groups in total. The minimum absolute atomic E-state index is 0.346. The Morgan fingerprint density at radius 3 is 2.60 bits per heavy atom. The zero-order valence-corrected chi connectivity index (χ0v) is 12.3. The fourth-order valence-corrected chi connectivity index (χ4v) is 1.52. The van der Waals surface area contributed by atoms with Crippen molar-refractivity contribution in [2.75, 3.05) is 6.61 Å². The molecule has 20 heavy (non-hydrogen) atoms. The zero-order chi connectivity index (χ0) is 15.0. The Morgan fingerprint density at radius 2 is 2.00 bits per heavy atom. The van der Waals surface area contributed by atoms with Crippen molar-refractivity contribution in [3.05, 3.63) is 40.9 Å². The SMILES string of the molecule is CCCOC(=O)[C@H](C)NC(=O)/C=C/c1ccc(Cl)cc1. The highest BCUT2D eigenvalue weighted by Gasteiger charge is 2.15. The van der Waals surface area contributed by atoms with Gasteiger partial charge in [-0.1, -0.05) is 30.7 Å². The molecule has 4 nitrogen and oxygen atoms in total. The van der Waals surface area contributed by atoms with Crippen LogP contribution in [0.3, 0.4) is 0 Å². The van der Waals surface area contributed by atoms with E-state index in [9.17, 15) is 9.59 Å². The number of amides is 1. The summed E-state index contributed by atoms with van der Waals surface area (Å²) in [6.07, 6.45) is 3.77. The second-order valence-electron chi connectivity index (χ2n) is 4.28. The van der Waals surface area contributed by atoms with E-state index < -0.39 is 12.0 Å². The van der Waals surface area contributed by atoms with E-state index >= 15 is 0 Å². The van der Waals surface area contributed by atoms with Crippen LogP contribution >= 0.6 is 11.6 Å². The summed E-state index contributed by atoms with van der Waals surface area (Å²) < 4.78 is 4.94. The minimum Gasteiger partial charge on any atom is -0.464 e. The molecule has 0 aliphatic heterocycles. The number of rotatable bonds is 6. The van der Waals surface area contributed by atoms with E-state index in [0.29, 0.717) is 11.6 Å². The predicted octanol–water partition coefficient (Wildman–Crippen LogP) is 2.81. The van der Waals surface area contributed by atoms with Crippen molar-refractivity contribution in [2.24, 2.45) is 0 Å². The summed E-state index contributed by atoms with van der Waals surface area (Å²) in [7, 11) is 0. The first kappa shape index (κ1) is 16.2. The molecule has 0 unspecified atom stereocenters. The Labute approximate surface area is 123 Å². The quantitative estimate of drug-likeness (QED) is 0.648. The van der Waals surface area contributed by atoms with Crippen LogP contribution < -0.4 is 5.32 Å². The monoisotopic (exact) mass is 295 g/mol. The van der Waals surface area contributed by atoms with Crippen molar-refractivity contribution in [1.82, 2.24) is 5.32 Å². The molecule has 0 aromatic heterocycles. The standard InChI is InChI=1S/C15H18ClNO3/c1-3-10-20-15(19)11(2)17-14(18)9-6-12-4-7-13(16)8-5-12/h4-9,11H,3,10H2,1-2H3,(H,17,18)/b9-6+/t11-/m0/s1. The lowest BCUT2D eigenvalue weighted by Crippen LogP contribution is -2.38. The van der Waals surface area contributed by atoms with Gasteiger partial charge in [0.25, 0.3) is 0 Å². The van der Waals surface area contributed by atoms with Crippen molar-refractivity contribution < 1.29 is 14.3 Å². The summed E-state index contributed by atoms with van der Waals surface area (Å²) in [5.41, 5.74) is 0.853. The van der Waals surface area contributed by atoms with E-state index in [-0.39, 0.29) is 5.91 Å². The molecule has 0 saturated carbocycles. The molecule has 0 radical (unpaired) electrons. The number of benzene rings is 1. The topological polar surface area (TPSA) is 55.4 Å². The molecule has 5 heteroatoms. The zero-order valence-electron chi connectivity index (χ0n) is 11.6. The summed E-state index contributed by atoms with van der Waals surface area (Å²) in [6.45, 7) is 3.86. The van der Waals surface area contributed by atoms with Gasteiger partial charge in [0.05, 0.1) is 6.61 Å². The van der Waals surface area contributed by atoms with Crippen molar-refractivity contribution >= 4 is 29.6 Å². The second kappa shape index (κ2) is 8.38. The second-order valence-corrected chi connectivity index (χ2v) is 4.72. The third kappa shape index (κ3) is 5.89. The van der Waals surface area contributed by atoms with Crippen molar-refractivity contribution in [3.63, 3.8) is 0 Å². The number of carbonyl (C=O) groups excluding carboxylic acids is 2. The van der Waals surface area contributed by atoms with Crippen LogP contribution in [-0.2, 0) is 14.3 Å². The van der Waals surface area contributed by atoms with Gasteiger partial charge in [-0.25, -0.2) is 4.79 Å². The molecule has 0 aliphatic rings. The minimum atomic E-state index is -0.663. The van der Waals surface area contributed by atoms with Crippen molar-refractivity contribution in [1.29, 1.82) is 0 Å². The average molecular weight is 296 g/mol. The molecule has 108 valence electrons. The van der Waals surface area contributed by atoms with E-state index in [1.54, 1.807) is 37.3 Å². The summed E-state index contributed by atoms with van der Waals surface area (Å²) >= 11 is 5.76. The Bertz CT molecular complexity index is 482. The molecule has 1 atom stereocenters. The van der Waals surface area contributed by atoms with Crippen LogP contribution in [0.25, 0.3) is 6.08 Å². The average Bonchev–Trinajstić information content (AvgIpc) is 2.44. The van der Waals surface area contributed by atoms with E-state index in [1.807, 2.05) is 6.92 Å². The third-order valence-corrected chi connectivity index (χ3v) is 2.71. The molecular formula is C15H18ClNO3. The van der Waals surface area contributed by atoms with Crippen molar-refractivity contribution in [2.45, 2.75) is 26.3 Å². The smallest absolute Gasteiger partial charge is 0.328 e. The van der Waals surface area contributed by atoms with E-state index in [4.69, 9.17) is 16.3 Å². The van der Waals surface area contributed by atoms with Gasteiger partial charge in [0.2, 0.25) is 5.91 Å². The first-order valence-corrected chi connectivity index (χ1v) is 6.81. The highest BCUT2D eigenvalue weighted by molar-refractivity contribution is 6.30. The largest absolute Gasteiger partial charge is 0.464 e. The molecule has 1 aromatic carbocycles. The van der Waals surface area contributed by atoms with Crippen LogP contribution in [-0.4, -0.2) is 24.5 Å². The maximum atomic E-state index is 11.6. The Morgan fingerprint density at radius 1 is 1.35 bits per heavy atom. The van der Waals surface area contributed by atoms with Crippen LogP contribution in [0.15, 0.2) is 30.3 Å². The normalized spacial score (nSPS) is 12.2. The molecular weight excluding hydrogens is 278 g/mol. The third-order valence-electron chi connectivity index (χ3n) is 2.46. The van der Waals surface area contributed by atoms with E-state index in [0.717, 1.165) is 12.0 Å². The molecule has 1 amide bonds. The fraction of sp³-hybridized carbons (Fsp3) is 0.333. The number of esters is 1. The van der Waals surface area contributed by atoms with Gasteiger partial charge >= 0.3 is 5.97 Å². The van der Waals surface area contributed by atoms with Crippen molar-refractivity contribution in [3.8, 4) is 0 Å². The maximum Gasteiger partial charge on any atom is 0.328 e.